The number of nitrogens with zero attached hydrogens (tertiary/aromatic N) is 2. The fraction of sp³-hybridized carbons (Fsp3) is 0.500. The van der Waals surface area contributed by atoms with Crippen molar-refractivity contribution in [2.45, 2.75) is 13.3 Å². The molecule has 0 N–H and O–H groups in total. The average molecular weight is 390 g/mol. The van der Waals surface area contributed by atoms with Crippen molar-refractivity contribution >= 4 is 37.8 Å². The molecule has 1 aromatic carbocycles. The van der Waals surface area contributed by atoms with Crippen molar-refractivity contribution in [3.63, 3.8) is 0 Å². The van der Waals surface area contributed by atoms with E-state index in [0.717, 1.165) is 47.2 Å². The van der Waals surface area contributed by atoms with Crippen LogP contribution in [0, 0.1) is 0 Å². The van der Waals surface area contributed by atoms with Gasteiger partial charge in [0.15, 0.2) is 0 Å². The van der Waals surface area contributed by atoms with Crippen molar-refractivity contribution in [1.82, 2.24) is 9.80 Å². The first-order valence-electron chi connectivity index (χ1n) is 6.58. The maximum Gasteiger partial charge on any atom is 0.255 e. The zero-order chi connectivity index (χ0) is 13.8. The van der Waals surface area contributed by atoms with Gasteiger partial charge in [0.1, 0.15) is 0 Å². The Bertz CT molecular complexity index is 457. The molecule has 0 radical (unpaired) electrons. The van der Waals surface area contributed by atoms with E-state index in [0.29, 0.717) is 0 Å². The van der Waals surface area contributed by atoms with E-state index in [9.17, 15) is 4.79 Å². The summed E-state index contributed by atoms with van der Waals surface area (Å²) in [5, 5.41) is 0. The largest absolute Gasteiger partial charge is 0.336 e. The van der Waals surface area contributed by atoms with Crippen LogP contribution < -0.4 is 0 Å². The van der Waals surface area contributed by atoms with Crippen molar-refractivity contribution in [3.05, 3.63) is 32.7 Å². The highest BCUT2D eigenvalue weighted by Crippen LogP contribution is 2.23. The summed E-state index contributed by atoms with van der Waals surface area (Å²) in [6.07, 6.45) is 1.17. The standard InChI is InChI=1S/C14H18Br2N2O/c1-2-5-17-6-8-18(9-7-17)14(19)12-4-3-11(15)10-13(12)16/h3-4,10H,2,5-9H2,1H3. The van der Waals surface area contributed by atoms with Crippen LogP contribution in [0.4, 0.5) is 0 Å². The number of rotatable bonds is 3. The molecule has 0 unspecified atom stereocenters. The normalized spacial score (nSPS) is 16.7. The molecular weight excluding hydrogens is 372 g/mol. The predicted molar refractivity (Wildman–Crippen MR) is 84.5 cm³/mol. The van der Waals surface area contributed by atoms with E-state index < -0.39 is 0 Å². The number of piperazine rings is 1. The molecule has 1 aliphatic rings. The molecule has 19 heavy (non-hydrogen) atoms. The van der Waals surface area contributed by atoms with Gasteiger partial charge in [-0.25, -0.2) is 0 Å². The Balaban J connectivity index is 2.01. The van der Waals surface area contributed by atoms with Gasteiger partial charge in [-0.2, -0.15) is 0 Å². The molecule has 0 aliphatic carbocycles. The minimum atomic E-state index is 0.121. The molecule has 1 fully saturated rings. The van der Waals surface area contributed by atoms with Crippen molar-refractivity contribution in [2.24, 2.45) is 0 Å². The Labute approximate surface area is 131 Å². The first-order valence-corrected chi connectivity index (χ1v) is 8.17. The van der Waals surface area contributed by atoms with Crippen molar-refractivity contribution < 1.29 is 4.79 Å². The van der Waals surface area contributed by atoms with Gasteiger partial charge >= 0.3 is 0 Å². The van der Waals surface area contributed by atoms with Gasteiger partial charge in [-0.05, 0) is 47.1 Å². The van der Waals surface area contributed by atoms with Crippen molar-refractivity contribution in [1.29, 1.82) is 0 Å². The van der Waals surface area contributed by atoms with E-state index >= 15 is 0 Å². The molecule has 0 aromatic heterocycles. The van der Waals surface area contributed by atoms with E-state index in [1.54, 1.807) is 0 Å². The lowest BCUT2D eigenvalue weighted by molar-refractivity contribution is 0.0636. The monoisotopic (exact) mass is 388 g/mol. The number of halogens is 2. The summed E-state index contributed by atoms with van der Waals surface area (Å²) in [6.45, 7) is 6.92. The maximum atomic E-state index is 12.5. The molecule has 1 aliphatic heterocycles. The van der Waals surface area contributed by atoms with E-state index in [-0.39, 0.29) is 5.91 Å². The third-order valence-corrected chi connectivity index (χ3v) is 4.51. The predicted octanol–water partition coefficient (Wildman–Crippen LogP) is 3.38. The van der Waals surface area contributed by atoms with Crippen LogP contribution in [0.15, 0.2) is 27.1 Å². The summed E-state index contributed by atoms with van der Waals surface area (Å²) in [7, 11) is 0. The molecular formula is C14H18Br2N2O. The number of carbonyl (C=O) groups is 1. The van der Waals surface area contributed by atoms with Crippen molar-refractivity contribution in [3.8, 4) is 0 Å². The van der Waals surface area contributed by atoms with E-state index in [1.807, 2.05) is 23.1 Å². The van der Waals surface area contributed by atoms with Crippen LogP contribution in [0.2, 0.25) is 0 Å². The van der Waals surface area contributed by atoms with Crippen LogP contribution in [0.3, 0.4) is 0 Å². The topological polar surface area (TPSA) is 23.6 Å². The van der Waals surface area contributed by atoms with Gasteiger partial charge in [0, 0.05) is 35.1 Å². The lowest BCUT2D eigenvalue weighted by Crippen LogP contribution is -2.48. The van der Waals surface area contributed by atoms with E-state index in [2.05, 4.69) is 43.7 Å². The molecule has 1 heterocycles. The number of benzene rings is 1. The Kier molecular flexibility index (Phi) is 5.42. The fourth-order valence-corrected chi connectivity index (χ4v) is 3.54. The fourth-order valence-electron chi connectivity index (χ4n) is 2.32. The van der Waals surface area contributed by atoms with Crippen LogP contribution in [0.1, 0.15) is 23.7 Å². The van der Waals surface area contributed by atoms with Crippen LogP contribution >= 0.6 is 31.9 Å². The quantitative estimate of drug-likeness (QED) is 0.791. The van der Waals surface area contributed by atoms with E-state index in [4.69, 9.17) is 0 Å². The van der Waals surface area contributed by atoms with Gasteiger partial charge in [0.05, 0.1) is 5.56 Å². The third kappa shape index (κ3) is 3.80. The Morgan fingerprint density at radius 2 is 1.89 bits per heavy atom. The number of hydrogen-bond acceptors (Lipinski definition) is 2. The second-order valence-electron chi connectivity index (χ2n) is 4.76. The Morgan fingerprint density at radius 1 is 1.21 bits per heavy atom. The van der Waals surface area contributed by atoms with Crippen LogP contribution in [-0.4, -0.2) is 48.4 Å². The number of carbonyl (C=O) groups excluding carboxylic acids is 1. The molecule has 3 nitrogen and oxygen atoms in total. The first kappa shape index (κ1) is 15.0. The van der Waals surface area contributed by atoms with Crippen LogP contribution in [0.25, 0.3) is 0 Å². The van der Waals surface area contributed by atoms with Crippen LogP contribution in [0.5, 0.6) is 0 Å². The molecule has 1 saturated heterocycles. The van der Waals surface area contributed by atoms with E-state index in [1.165, 1.54) is 6.42 Å². The number of hydrogen-bond donors (Lipinski definition) is 0. The third-order valence-electron chi connectivity index (χ3n) is 3.36. The number of amides is 1. The highest BCUT2D eigenvalue weighted by molar-refractivity contribution is 9.11. The lowest BCUT2D eigenvalue weighted by atomic mass is 10.2. The zero-order valence-electron chi connectivity index (χ0n) is 11.0. The molecule has 0 spiro atoms. The van der Waals surface area contributed by atoms with Gasteiger partial charge in [0.2, 0.25) is 0 Å². The molecule has 0 bridgehead atoms. The minimum absolute atomic E-state index is 0.121. The van der Waals surface area contributed by atoms with Crippen LogP contribution in [-0.2, 0) is 0 Å². The van der Waals surface area contributed by atoms with Gasteiger partial charge < -0.3 is 4.90 Å². The molecule has 5 heteroatoms. The zero-order valence-corrected chi connectivity index (χ0v) is 14.2. The second kappa shape index (κ2) is 6.86. The Morgan fingerprint density at radius 3 is 2.47 bits per heavy atom. The second-order valence-corrected chi connectivity index (χ2v) is 6.53. The lowest BCUT2D eigenvalue weighted by Gasteiger charge is -2.34. The molecule has 1 amide bonds. The van der Waals surface area contributed by atoms with Gasteiger partial charge in [-0.15, -0.1) is 0 Å². The van der Waals surface area contributed by atoms with Gasteiger partial charge in [-0.3, -0.25) is 9.69 Å². The molecule has 0 atom stereocenters. The summed E-state index contributed by atoms with van der Waals surface area (Å²) in [6, 6.07) is 5.70. The summed E-state index contributed by atoms with van der Waals surface area (Å²) < 4.78 is 1.83. The molecule has 104 valence electrons. The summed E-state index contributed by atoms with van der Waals surface area (Å²) in [5.74, 6) is 0.121. The smallest absolute Gasteiger partial charge is 0.255 e. The SMILES string of the molecule is CCCN1CCN(C(=O)c2ccc(Br)cc2Br)CC1. The molecule has 0 saturated carbocycles. The molecule has 1 aromatic rings. The summed E-state index contributed by atoms with van der Waals surface area (Å²) in [4.78, 5) is 16.8. The highest BCUT2D eigenvalue weighted by atomic mass is 79.9. The van der Waals surface area contributed by atoms with Gasteiger partial charge in [-0.1, -0.05) is 22.9 Å². The van der Waals surface area contributed by atoms with Gasteiger partial charge in [0.25, 0.3) is 5.91 Å². The summed E-state index contributed by atoms with van der Waals surface area (Å²) >= 11 is 6.87. The maximum absolute atomic E-state index is 12.5. The average Bonchev–Trinajstić information content (AvgIpc) is 2.39. The highest BCUT2D eigenvalue weighted by Gasteiger charge is 2.22. The molecule has 2 rings (SSSR count). The first-order chi connectivity index (χ1) is 9.11. The van der Waals surface area contributed by atoms with Crippen molar-refractivity contribution in [2.75, 3.05) is 32.7 Å². The minimum Gasteiger partial charge on any atom is -0.336 e. The Hall–Kier alpha value is -0.390. The summed E-state index contributed by atoms with van der Waals surface area (Å²) in [5.41, 5.74) is 0.743.